The fourth-order valence-corrected chi connectivity index (χ4v) is 2.61. The molecule has 7 heteroatoms. The maximum absolute atomic E-state index is 11.4. The fourth-order valence-electron chi connectivity index (χ4n) is 2.00. The number of piperidine rings is 1. The molecule has 0 unspecified atom stereocenters. The number of carbonyl (C=O) groups is 1. The Balaban J connectivity index is 1.83. The molecular formula is C10H14ClN3O2S. The summed E-state index contributed by atoms with van der Waals surface area (Å²) in [6.07, 6.45) is 1.67. The average molecular weight is 276 g/mol. The van der Waals surface area contributed by atoms with E-state index in [-0.39, 0.29) is 11.9 Å². The number of ether oxygens (including phenoxy) is 1. The Hall–Kier alpha value is -0.720. The van der Waals surface area contributed by atoms with Crippen LogP contribution in [0, 0.1) is 5.92 Å². The third-order valence-electron chi connectivity index (χ3n) is 3.00. The number of methoxy groups -OCH3 is 1. The quantitative estimate of drug-likeness (QED) is 0.784. The van der Waals surface area contributed by atoms with E-state index < -0.39 is 0 Å². The number of hydrogen-bond donors (Lipinski definition) is 0. The van der Waals surface area contributed by atoms with Crippen LogP contribution in [0.5, 0.6) is 0 Å². The molecule has 2 rings (SSSR count). The van der Waals surface area contributed by atoms with Gasteiger partial charge in [0.25, 0.3) is 0 Å². The van der Waals surface area contributed by atoms with Crippen LogP contribution in [0.2, 0.25) is 4.34 Å². The van der Waals surface area contributed by atoms with Crippen molar-refractivity contribution < 1.29 is 9.53 Å². The first-order chi connectivity index (χ1) is 8.20. The van der Waals surface area contributed by atoms with Crippen molar-refractivity contribution in [3.63, 3.8) is 0 Å². The topological polar surface area (TPSA) is 55.3 Å². The summed E-state index contributed by atoms with van der Waals surface area (Å²) in [4.78, 5) is 13.6. The van der Waals surface area contributed by atoms with Gasteiger partial charge in [0, 0.05) is 18.1 Å². The summed E-state index contributed by atoms with van der Waals surface area (Å²) in [6, 6.07) is 0. The summed E-state index contributed by atoms with van der Waals surface area (Å²) in [5.74, 6) is -0.0571. The second kappa shape index (κ2) is 5.75. The van der Waals surface area contributed by atoms with E-state index in [9.17, 15) is 4.79 Å². The van der Waals surface area contributed by atoms with Gasteiger partial charge in [0.2, 0.25) is 0 Å². The first-order valence-corrected chi connectivity index (χ1v) is 6.62. The van der Waals surface area contributed by atoms with Crippen LogP contribution in [0.15, 0.2) is 0 Å². The number of hydrogen-bond acceptors (Lipinski definition) is 6. The molecule has 0 amide bonds. The summed E-state index contributed by atoms with van der Waals surface area (Å²) in [6.45, 7) is 2.45. The highest BCUT2D eigenvalue weighted by Crippen LogP contribution is 2.23. The number of carbonyl (C=O) groups excluding carboxylic acids is 1. The number of nitrogens with zero attached hydrogens (tertiary/aromatic N) is 3. The maximum Gasteiger partial charge on any atom is 0.308 e. The lowest BCUT2D eigenvalue weighted by Gasteiger charge is -2.29. The van der Waals surface area contributed by atoms with E-state index in [1.54, 1.807) is 0 Å². The molecular weight excluding hydrogens is 262 g/mol. The molecule has 5 nitrogen and oxygen atoms in total. The number of likely N-dealkylation sites (tertiary alicyclic amines) is 1. The van der Waals surface area contributed by atoms with Gasteiger partial charge in [0.1, 0.15) is 10.0 Å². The highest BCUT2D eigenvalue weighted by molar-refractivity contribution is 7.10. The van der Waals surface area contributed by atoms with E-state index in [0.717, 1.165) is 31.6 Å². The zero-order valence-electron chi connectivity index (χ0n) is 9.56. The van der Waals surface area contributed by atoms with E-state index in [2.05, 4.69) is 14.5 Å². The molecule has 0 atom stereocenters. The molecule has 0 spiro atoms. The van der Waals surface area contributed by atoms with Crippen LogP contribution in [0.3, 0.4) is 0 Å². The van der Waals surface area contributed by atoms with E-state index >= 15 is 0 Å². The Morgan fingerprint density at radius 3 is 2.82 bits per heavy atom. The molecule has 0 aliphatic carbocycles. The first kappa shape index (κ1) is 12.7. The van der Waals surface area contributed by atoms with Crippen molar-refractivity contribution in [3.05, 3.63) is 10.0 Å². The predicted molar refractivity (Wildman–Crippen MR) is 64.9 cm³/mol. The third-order valence-corrected chi connectivity index (χ3v) is 3.99. The minimum absolute atomic E-state index is 0.0419. The first-order valence-electron chi connectivity index (χ1n) is 5.47. The second-order valence-corrected chi connectivity index (χ2v) is 5.42. The number of rotatable bonds is 3. The summed E-state index contributed by atoms with van der Waals surface area (Å²) >= 11 is 7.16. The van der Waals surface area contributed by atoms with Gasteiger partial charge in [-0.2, -0.15) is 0 Å². The highest BCUT2D eigenvalue weighted by atomic mass is 35.5. The summed E-state index contributed by atoms with van der Waals surface area (Å²) < 4.78 is 9.21. The predicted octanol–water partition coefficient (Wildman–Crippen LogP) is 1.58. The molecule has 0 N–H and O–H groups in total. The van der Waals surface area contributed by atoms with Gasteiger partial charge in [0.05, 0.1) is 13.0 Å². The largest absolute Gasteiger partial charge is 0.469 e. The monoisotopic (exact) mass is 275 g/mol. The van der Waals surface area contributed by atoms with Crippen LogP contribution in [0.4, 0.5) is 0 Å². The minimum Gasteiger partial charge on any atom is -0.469 e. The molecule has 0 aromatic carbocycles. The normalized spacial score (nSPS) is 18.2. The van der Waals surface area contributed by atoms with Crippen molar-refractivity contribution in [2.24, 2.45) is 5.92 Å². The molecule has 1 aliphatic rings. The van der Waals surface area contributed by atoms with Gasteiger partial charge >= 0.3 is 5.97 Å². The second-order valence-electron chi connectivity index (χ2n) is 4.07. The molecule has 0 bridgehead atoms. The Kier molecular flexibility index (Phi) is 4.31. The van der Waals surface area contributed by atoms with Gasteiger partial charge in [-0.15, -0.1) is 5.10 Å². The number of aromatic nitrogens is 2. The lowest BCUT2D eigenvalue weighted by atomic mass is 9.97. The fraction of sp³-hybridized carbons (Fsp3) is 0.700. The van der Waals surface area contributed by atoms with Gasteiger partial charge in [0.15, 0.2) is 0 Å². The van der Waals surface area contributed by atoms with Crippen LogP contribution in [-0.4, -0.2) is 40.7 Å². The standard InChI is InChI=1S/C10H14ClN3O2S/c1-16-10(15)7-2-4-14(5-3-7)6-8-9(11)17-13-12-8/h7H,2-6H2,1H3. The van der Waals surface area contributed by atoms with Crippen molar-refractivity contribution in [2.45, 2.75) is 19.4 Å². The van der Waals surface area contributed by atoms with Crippen molar-refractivity contribution in [1.29, 1.82) is 0 Å². The van der Waals surface area contributed by atoms with Gasteiger partial charge in [-0.1, -0.05) is 16.1 Å². The van der Waals surface area contributed by atoms with Crippen LogP contribution in [0.1, 0.15) is 18.5 Å². The third kappa shape index (κ3) is 3.14. The van der Waals surface area contributed by atoms with Crippen molar-refractivity contribution in [3.8, 4) is 0 Å². The molecule has 1 fully saturated rings. The number of halogens is 1. The van der Waals surface area contributed by atoms with E-state index in [4.69, 9.17) is 16.3 Å². The van der Waals surface area contributed by atoms with Crippen molar-refractivity contribution >= 4 is 29.1 Å². The Morgan fingerprint density at radius 2 is 2.29 bits per heavy atom. The molecule has 1 aromatic rings. The maximum atomic E-state index is 11.4. The van der Waals surface area contributed by atoms with Crippen LogP contribution in [-0.2, 0) is 16.1 Å². The minimum atomic E-state index is -0.0991. The average Bonchev–Trinajstić information content (AvgIpc) is 2.75. The lowest BCUT2D eigenvalue weighted by molar-refractivity contribution is -0.147. The molecule has 17 heavy (non-hydrogen) atoms. The Labute approximate surface area is 109 Å². The van der Waals surface area contributed by atoms with Crippen LogP contribution < -0.4 is 0 Å². The zero-order chi connectivity index (χ0) is 12.3. The SMILES string of the molecule is COC(=O)C1CCN(Cc2nnsc2Cl)CC1. The molecule has 0 saturated carbocycles. The molecule has 2 heterocycles. The summed E-state index contributed by atoms with van der Waals surface area (Å²) in [5, 5.41) is 3.98. The van der Waals surface area contributed by atoms with E-state index in [1.165, 1.54) is 18.6 Å². The van der Waals surface area contributed by atoms with Crippen molar-refractivity contribution in [2.75, 3.05) is 20.2 Å². The molecule has 1 aromatic heterocycles. The Bertz CT molecular complexity index is 391. The highest BCUT2D eigenvalue weighted by Gasteiger charge is 2.26. The van der Waals surface area contributed by atoms with Gasteiger partial charge < -0.3 is 4.74 Å². The van der Waals surface area contributed by atoms with Crippen molar-refractivity contribution in [1.82, 2.24) is 14.5 Å². The van der Waals surface area contributed by atoms with Gasteiger partial charge in [-0.3, -0.25) is 9.69 Å². The number of esters is 1. The molecule has 1 aliphatic heterocycles. The van der Waals surface area contributed by atoms with Crippen LogP contribution >= 0.6 is 23.1 Å². The molecule has 0 radical (unpaired) electrons. The molecule has 1 saturated heterocycles. The van der Waals surface area contributed by atoms with E-state index in [1.807, 2.05) is 0 Å². The van der Waals surface area contributed by atoms with Gasteiger partial charge in [-0.25, -0.2) is 0 Å². The summed E-state index contributed by atoms with van der Waals surface area (Å²) in [7, 11) is 1.44. The molecule has 94 valence electrons. The Morgan fingerprint density at radius 1 is 1.59 bits per heavy atom. The smallest absolute Gasteiger partial charge is 0.308 e. The summed E-state index contributed by atoms with van der Waals surface area (Å²) in [5.41, 5.74) is 0.827. The van der Waals surface area contributed by atoms with Gasteiger partial charge in [-0.05, 0) is 25.9 Å². The van der Waals surface area contributed by atoms with E-state index in [0.29, 0.717) is 10.9 Å². The zero-order valence-corrected chi connectivity index (χ0v) is 11.1. The lowest BCUT2D eigenvalue weighted by Crippen LogP contribution is -2.36. The van der Waals surface area contributed by atoms with Crippen LogP contribution in [0.25, 0.3) is 0 Å².